The van der Waals surface area contributed by atoms with Crippen LogP contribution in [0.3, 0.4) is 0 Å². The van der Waals surface area contributed by atoms with Crippen molar-refractivity contribution in [2.75, 3.05) is 19.4 Å². The minimum absolute atomic E-state index is 0.194. The number of rotatable bonds is 8. The number of hydrogen-bond donors (Lipinski definition) is 1. The van der Waals surface area contributed by atoms with Gasteiger partial charge < -0.3 is 10.1 Å². The molecule has 1 unspecified atom stereocenters. The number of thioether (sulfide) groups is 1. The molecule has 0 amide bonds. The number of likely N-dealkylation sites (N-methyl/N-ethyl adjacent to an activating group) is 1. The summed E-state index contributed by atoms with van der Waals surface area (Å²) >= 11 is 1.77. The second-order valence-corrected chi connectivity index (χ2v) is 6.17. The van der Waals surface area contributed by atoms with E-state index in [1.165, 1.54) is 7.11 Å². The van der Waals surface area contributed by atoms with Gasteiger partial charge in [0.05, 0.1) is 17.8 Å². The van der Waals surface area contributed by atoms with Crippen LogP contribution in [0.5, 0.6) is 0 Å². The monoisotopic (exact) mass is 299 g/mol. The van der Waals surface area contributed by atoms with E-state index in [4.69, 9.17) is 4.74 Å². The fourth-order valence-corrected chi connectivity index (χ4v) is 3.18. The van der Waals surface area contributed by atoms with Crippen LogP contribution in [-0.2, 0) is 16.6 Å². The lowest BCUT2D eigenvalue weighted by Crippen LogP contribution is -2.50. The first-order valence-corrected chi connectivity index (χ1v) is 7.88. The maximum absolute atomic E-state index is 11.8. The van der Waals surface area contributed by atoms with Crippen molar-refractivity contribution >= 4 is 17.7 Å². The fraction of sp³-hybridized carbons (Fsp3) is 0.714. The Kier molecular flexibility index (Phi) is 6.55. The van der Waals surface area contributed by atoms with Crippen LogP contribution in [0.4, 0.5) is 0 Å². The molecule has 0 fully saturated rings. The lowest BCUT2D eigenvalue weighted by atomic mass is 9.96. The zero-order chi connectivity index (χ0) is 15.2. The number of methoxy groups -OCH3 is 1. The Morgan fingerprint density at radius 1 is 1.60 bits per heavy atom. The molecule has 0 aliphatic rings. The number of aromatic nitrogens is 2. The molecule has 0 aliphatic carbocycles. The molecule has 0 saturated heterocycles. The third kappa shape index (κ3) is 4.52. The van der Waals surface area contributed by atoms with E-state index >= 15 is 0 Å². The van der Waals surface area contributed by atoms with E-state index in [-0.39, 0.29) is 5.97 Å². The Hall–Kier alpha value is -1.01. The minimum Gasteiger partial charge on any atom is -0.468 e. The van der Waals surface area contributed by atoms with E-state index in [1.54, 1.807) is 11.8 Å². The van der Waals surface area contributed by atoms with Gasteiger partial charge in [-0.25, -0.2) is 0 Å². The van der Waals surface area contributed by atoms with E-state index in [2.05, 4.69) is 16.5 Å². The molecular formula is C14H25N3O2S. The van der Waals surface area contributed by atoms with Crippen LogP contribution in [0.2, 0.25) is 0 Å². The van der Waals surface area contributed by atoms with Crippen molar-refractivity contribution in [1.29, 1.82) is 0 Å². The van der Waals surface area contributed by atoms with Gasteiger partial charge in [0.25, 0.3) is 0 Å². The van der Waals surface area contributed by atoms with Crippen LogP contribution >= 0.6 is 11.8 Å². The van der Waals surface area contributed by atoms with Crippen molar-refractivity contribution in [2.45, 2.75) is 44.2 Å². The highest BCUT2D eigenvalue weighted by Gasteiger charge is 2.32. The van der Waals surface area contributed by atoms with Gasteiger partial charge in [-0.05, 0) is 45.1 Å². The van der Waals surface area contributed by atoms with Gasteiger partial charge in [-0.1, -0.05) is 6.92 Å². The number of nitrogens with one attached hydrogen (secondary N) is 1. The number of hydrogen-bond acceptors (Lipinski definition) is 5. The number of nitrogens with zero attached hydrogens (tertiary/aromatic N) is 2. The summed E-state index contributed by atoms with van der Waals surface area (Å²) in [6, 6.07) is 2.08. The smallest absolute Gasteiger partial charge is 0.325 e. The van der Waals surface area contributed by atoms with Crippen LogP contribution in [0.1, 0.15) is 32.4 Å². The topological polar surface area (TPSA) is 56.2 Å². The average molecular weight is 299 g/mol. The number of carbonyl (C=O) groups excluding carboxylic acids is 1. The lowest BCUT2D eigenvalue weighted by molar-refractivity contribution is -0.148. The molecule has 1 aromatic heterocycles. The van der Waals surface area contributed by atoms with Crippen molar-refractivity contribution in [3.05, 3.63) is 11.8 Å². The Morgan fingerprint density at radius 2 is 2.30 bits per heavy atom. The summed E-state index contributed by atoms with van der Waals surface area (Å²) in [6.45, 7) is 6.64. The summed E-state index contributed by atoms with van der Waals surface area (Å²) in [4.78, 5) is 11.8. The maximum atomic E-state index is 11.8. The largest absolute Gasteiger partial charge is 0.468 e. The molecule has 1 rings (SSSR count). The summed E-state index contributed by atoms with van der Waals surface area (Å²) in [5.41, 5.74) is 0.439. The molecule has 0 aliphatic heterocycles. The molecule has 1 aromatic rings. The van der Waals surface area contributed by atoms with Crippen molar-refractivity contribution < 1.29 is 9.53 Å². The molecule has 114 valence electrons. The summed E-state index contributed by atoms with van der Waals surface area (Å²) in [7, 11) is 3.39. The summed E-state index contributed by atoms with van der Waals surface area (Å²) < 4.78 is 6.78. The molecule has 20 heavy (non-hydrogen) atoms. The molecule has 1 atom stereocenters. The van der Waals surface area contributed by atoms with Gasteiger partial charge in [-0.3, -0.25) is 9.48 Å². The molecular weight excluding hydrogens is 274 g/mol. The Bertz CT molecular complexity index is 448. The van der Waals surface area contributed by atoms with E-state index in [1.807, 2.05) is 32.5 Å². The average Bonchev–Trinajstić information content (AvgIpc) is 2.72. The highest BCUT2D eigenvalue weighted by atomic mass is 32.2. The first-order valence-electron chi connectivity index (χ1n) is 6.90. The van der Waals surface area contributed by atoms with Gasteiger partial charge in [0, 0.05) is 7.05 Å². The predicted molar refractivity (Wildman–Crippen MR) is 82.0 cm³/mol. The number of ether oxygens (including phenoxy) is 1. The van der Waals surface area contributed by atoms with Crippen molar-refractivity contribution in [2.24, 2.45) is 7.05 Å². The number of esters is 1. The van der Waals surface area contributed by atoms with Gasteiger partial charge in [0.15, 0.2) is 0 Å². The van der Waals surface area contributed by atoms with E-state index < -0.39 is 5.54 Å². The maximum Gasteiger partial charge on any atom is 0.325 e. The standard InChI is InChI=1S/C14H25N3O2S/c1-6-15-14(3,13(18)19-5)8-7-9-20-12-10-11(2)16-17(12)4/h10,15H,6-9H2,1-5H3. The van der Waals surface area contributed by atoms with Gasteiger partial charge in [-0.15, -0.1) is 11.8 Å². The minimum atomic E-state index is -0.591. The third-order valence-corrected chi connectivity index (χ3v) is 4.40. The second-order valence-electron chi connectivity index (χ2n) is 5.05. The summed E-state index contributed by atoms with van der Waals surface area (Å²) in [6.07, 6.45) is 1.70. The Labute approximate surface area is 125 Å². The normalized spacial score (nSPS) is 14.1. The molecule has 0 bridgehead atoms. The van der Waals surface area contributed by atoms with Gasteiger partial charge in [0.1, 0.15) is 5.54 Å². The fourth-order valence-electron chi connectivity index (χ4n) is 2.20. The quantitative estimate of drug-likeness (QED) is 0.453. The van der Waals surface area contributed by atoms with Crippen molar-refractivity contribution in [3.8, 4) is 0 Å². The number of carbonyl (C=O) groups is 1. The highest BCUT2D eigenvalue weighted by molar-refractivity contribution is 7.99. The van der Waals surface area contributed by atoms with E-state index in [0.717, 1.165) is 35.9 Å². The zero-order valence-electron chi connectivity index (χ0n) is 13.0. The van der Waals surface area contributed by atoms with Crippen LogP contribution in [0, 0.1) is 6.92 Å². The molecule has 5 nitrogen and oxygen atoms in total. The van der Waals surface area contributed by atoms with Crippen molar-refractivity contribution in [1.82, 2.24) is 15.1 Å². The predicted octanol–water partition coefficient (Wildman–Crippen LogP) is 2.14. The molecule has 1 N–H and O–H groups in total. The molecule has 0 radical (unpaired) electrons. The first kappa shape index (κ1) is 17.0. The first-order chi connectivity index (χ1) is 9.42. The van der Waals surface area contributed by atoms with E-state index in [0.29, 0.717) is 0 Å². The van der Waals surface area contributed by atoms with Crippen LogP contribution in [0.25, 0.3) is 0 Å². The van der Waals surface area contributed by atoms with Crippen LogP contribution in [-0.4, -0.2) is 40.7 Å². The molecule has 1 heterocycles. The van der Waals surface area contributed by atoms with Crippen LogP contribution in [0.15, 0.2) is 11.1 Å². The van der Waals surface area contributed by atoms with Gasteiger partial charge >= 0.3 is 5.97 Å². The molecule has 0 saturated carbocycles. The molecule has 0 spiro atoms. The summed E-state index contributed by atoms with van der Waals surface area (Å²) in [5.74, 6) is 0.762. The van der Waals surface area contributed by atoms with Gasteiger partial charge in [-0.2, -0.15) is 5.10 Å². The van der Waals surface area contributed by atoms with Gasteiger partial charge in [0.2, 0.25) is 0 Å². The molecule has 0 aromatic carbocycles. The SMILES string of the molecule is CCNC(C)(CCCSc1cc(C)nn1C)C(=O)OC. The highest BCUT2D eigenvalue weighted by Crippen LogP contribution is 2.22. The third-order valence-electron chi connectivity index (χ3n) is 3.23. The lowest BCUT2D eigenvalue weighted by Gasteiger charge is -2.27. The summed E-state index contributed by atoms with van der Waals surface area (Å²) in [5, 5.41) is 8.70. The molecule has 6 heteroatoms. The van der Waals surface area contributed by atoms with E-state index in [9.17, 15) is 4.79 Å². The Balaban J connectivity index is 2.45. The van der Waals surface area contributed by atoms with Crippen LogP contribution < -0.4 is 5.32 Å². The Morgan fingerprint density at radius 3 is 2.80 bits per heavy atom. The zero-order valence-corrected chi connectivity index (χ0v) is 13.8. The van der Waals surface area contributed by atoms with Crippen molar-refractivity contribution in [3.63, 3.8) is 0 Å². The second kappa shape index (κ2) is 7.69. The number of aryl methyl sites for hydroxylation is 2.